The van der Waals surface area contributed by atoms with E-state index >= 15 is 0 Å². The molecule has 2 fully saturated rings. The zero-order valence-electron chi connectivity index (χ0n) is 23.9. The summed E-state index contributed by atoms with van der Waals surface area (Å²) in [6, 6.07) is 16.8. The molecule has 1 spiro atoms. The van der Waals surface area contributed by atoms with Crippen molar-refractivity contribution in [2.75, 3.05) is 24.6 Å². The number of carbonyl (C=O) groups is 3. The SMILES string of the molecule is CC(C)(C)N1CC=C[C@]23O[C@]4(C)C=CCN(c5ccccc5)C(=O)[C@@H]4[C@H]2C(=O)N([C@H](CO)c2ccccc2)C3C1=O. The lowest BCUT2D eigenvalue weighted by Crippen LogP contribution is -2.59. The molecule has 2 saturated heterocycles. The highest BCUT2D eigenvalue weighted by Crippen LogP contribution is 2.59. The average molecular weight is 556 g/mol. The zero-order chi connectivity index (χ0) is 29.2. The third-order valence-corrected chi connectivity index (χ3v) is 9.07. The van der Waals surface area contributed by atoms with Crippen molar-refractivity contribution in [3.63, 3.8) is 0 Å². The Balaban J connectivity index is 1.54. The van der Waals surface area contributed by atoms with E-state index in [9.17, 15) is 19.5 Å². The Kier molecular flexibility index (Phi) is 6.47. The summed E-state index contributed by atoms with van der Waals surface area (Å²) in [7, 11) is 0. The second kappa shape index (κ2) is 9.67. The van der Waals surface area contributed by atoms with Crippen LogP contribution in [0.1, 0.15) is 39.3 Å². The average Bonchev–Trinajstić information content (AvgIpc) is 3.20. The maximum absolute atomic E-state index is 14.8. The van der Waals surface area contributed by atoms with Gasteiger partial charge in [-0.3, -0.25) is 14.4 Å². The number of aliphatic hydroxyl groups is 1. The maximum atomic E-state index is 14.8. The van der Waals surface area contributed by atoms with Crippen LogP contribution in [-0.4, -0.2) is 75.1 Å². The van der Waals surface area contributed by atoms with Gasteiger partial charge < -0.3 is 24.5 Å². The summed E-state index contributed by atoms with van der Waals surface area (Å²) in [4.78, 5) is 48.8. The number of amides is 3. The molecule has 4 heterocycles. The number of para-hydroxylation sites is 1. The standard InChI is InChI=1S/C33H37N3O5/c1-31(2,3)35-20-12-18-33-26(29(39)36(27(33)30(35)40)24(21-37)22-13-7-5-8-14-22)25-28(38)34(23-15-9-6-10-16-23)19-11-17-32(25,4)41-33/h5-18,24-27,37H,19-21H2,1-4H3/t24-,25+,26+,27?,32-,33+/m1/s1. The third kappa shape index (κ3) is 4.07. The first-order valence-electron chi connectivity index (χ1n) is 14.2. The van der Waals surface area contributed by atoms with Gasteiger partial charge in [-0.2, -0.15) is 0 Å². The Morgan fingerprint density at radius 3 is 2.15 bits per heavy atom. The Morgan fingerprint density at radius 1 is 0.878 bits per heavy atom. The molecule has 8 heteroatoms. The minimum absolute atomic E-state index is 0.224. The Morgan fingerprint density at radius 2 is 1.51 bits per heavy atom. The summed E-state index contributed by atoms with van der Waals surface area (Å²) in [5.41, 5.74) is -1.60. The molecule has 0 aliphatic carbocycles. The van der Waals surface area contributed by atoms with Crippen LogP contribution in [0.15, 0.2) is 85.0 Å². The normalized spacial score (nSPS) is 32.0. The van der Waals surface area contributed by atoms with Gasteiger partial charge in [0.15, 0.2) is 0 Å². The van der Waals surface area contributed by atoms with Crippen molar-refractivity contribution in [3.8, 4) is 0 Å². The van der Waals surface area contributed by atoms with E-state index in [1.807, 2.05) is 113 Å². The van der Waals surface area contributed by atoms with E-state index in [1.54, 1.807) is 9.80 Å². The highest BCUT2D eigenvalue weighted by atomic mass is 16.5. The van der Waals surface area contributed by atoms with Gasteiger partial charge in [-0.15, -0.1) is 0 Å². The molecular formula is C33H37N3O5. The van der Waals surface area contributed by atoms with Crippen molar-refractivity contribution in [1.29, 1.82) is 0 Å². The van der Waals surface area contributed by atoms with Gasteiger partial charge >= 0.3 is 0 Å². The van der Waals surface area contributed by atoms with Gasteiger partial charge in [-0.1, -0.05) is 72.8 Å². The lowest BCUT2D eigenvalue weighted by Gasteiger charge is -2.43. The third-order valence-electron chi connectivity index (χ3n) is 9.07. The molecule has 0 saturated carbocycles. The fraction of sp³-hybridized carbons (Fsp3) is 0.424. The minimum atomic E-state index is -1.39. The summed E-state index contributed by atoms with van der Waals surface area (Å²) in [6.45, 7) is 8.02. The van der Waals surface area contributed by atoms with Gasteiger partial charge in [0.2, 0.25) is 17.7 Å². The molecular weight excluding hydrogens is 518 g/mol. The number of carbonyl (C=O) groups excluding carboxylic acids is 3. The second-order valence-electron chi connectivity index (χ2n) is 12.6. The van der Waals surface area contributed by atoms with E-state index in [4.69, 9.17) is 4.74 Å². The van der Waals surface area contributed by atoms with Crippen LogP contribution in [0.25, 0.3) is 0 Å². The number of hydrogen-bond donors (Lipinski definition) is 1. The Labute approximate surface area is 240 Å². The second-order valence-corrected chi connectivity index (χ2v) is 12.6. The molecule has 3 amide bonds. The number of rotatable bonds is 4. The van der Waals surface area contributed by atoms with Gasteiger partial charge in [0.25, 0.3) is 0 Å². The molecule has 4 aliphatic heterocycles. The van der Waals surface area contributed by atoms with Crippen molar-refractivity contribution < 1.29 is 24.2 Å². The predicted molar refractivity (Wildman–Crippen MR) is 155 cm³/mol. The Hall–Kier alpha value is -3.75. The number of hydrogen-bond acceptors (Lipinski definition) is 5. The minimum Gasteiger partial charge on any atom is -0.394 e. The van der Waals surface area contributed by atoms with E-state index < -0.39 is 40.7 Å². The van der Waals surface area contributed by atoms with Crippen LogP contribution in [0.3, 0.4) is 0 Å². The van der Waals surface area contributed by atoms with Gasteiger partial charge in [0, 0.05) is 24.3 Å². The van der Waals surface area contributed by atoms with Crippen molar-refractivity contribution >= 4 is 23.4 Å². The summed E-state index contributed by atoms with van der Waals surface area (Å²) in [5.74, 6) is -2.69. The smallest absolute Gasteiger partial charge is 0.249 e. The summed E-state index contributed by atoms with van der Waals surface area (Å²) >= 11 is 0. The van der Waals surface area contributed by atoms with E-state index in [2.05, 4.69) is 0 Å². The van der Waals surface area contributed by atoms with Gasteiger partial charge in [-0.25, -0.2) is 0 Å². The molecule has 214 valence electrons. The Bertz CT molecular complexity index is 1420. The van der Waals surface area contributed by atoms with Crippen LogP contribution in [0, 0.1) is 11.8 Å². The van der Waals surface area contributed by atoms with E-state index in [1.165, 1.54) is 4.90 Å². The summed E-state index contributed by atoms with van der Waals surface area (Å²) in [5, 5.41) is 10.7. The molecule has 2 aromatic carbocycles. The van der Waals surface area contributed by atoms with Crippen molar-refractivity contribution in [1.82, 2.24) is 9.80 Å². The molecule has 0 bridgehead atoms. The molecule has 2 aromatic rings. The molecule has 1 N–H and O–H groups in total. The molecule has 0 aromatic heterocycles. The van der Waals surface area contributed by atoms with Crippen LogP contribution in [0.4, 0.5) is 5.69 Å². The van der Waals surface area contributed by atoms with E-state index in [-0.39, 0.29) is 24.3 Å². The van der Waals surface area contributed by atoms with Crippen LogP contribution < -0.4 is 4.90 Å². The maximum Gasteiger partial charge on any atom is 0.249 e. The molecule has 0 radical (unpaired) electrons. The summed E-state index contributed by atoms with van der Waals surface area (Å²) in [6.07, 6.45) is 7.52. The van der Waals surface area contributed by atoms with Crippen molar-refractivity contribution in [2.24, 2.45) is 11.8 Å². The first-order valence-corrected chi connectivity index (χ1v) is 14.2. The van der Waals surface area contributed by atoms with Crippen molar-refractivity contribution in [2.45, 2.75) is 56.5 Å². The number of ether oxygens (including phenoxy) is 1. The van der Waals surface area contributed by atoms with Crippen LogP contribution in [0.2, 0.25) is 0 Å². The number of aliphatic hydroxyl groups excluding tert-OH is 1. The molecule has 8 nitrogen and oxygen atoms in total. The largest absolute Gasteiger partial charge is 0.394 e. The van der Waals surface area contributed by atoms with Crippen LogP contribution in [0.5, 0.6) is 0 Å². The van der Waals surface area contributed by atoms with E-state index in [0.717, 1.165) is 5.69 Å². The quantitative estimate of drug-likeness (QED) is 0.584. The number of likely N-dealkylation sites (tertiary alicyclic amines) is 1. The fourth-order valence-corrected chi connectivity index (χ4v) is 7.27. The van der Waals surface area contributed by atoms with Gasteiger partial charge in [-0.05, 0) is 45.4 Å². The molecule has 6 rings (SSSR count). The number of anilines is 1. The topological polar surface area (TPSA) is 90.4 Å². The van der Waals surface area contributed by atoms with Gasteiger partial charge in [0.05, 0.1) is 30.1 Å². The molecule has 1 unspecified atom stereocenters. The number of benzene rings is 2. The highest BCUT2D eigenvalue weighted by molar-refractivity contribution is 6.04. The monoisotopic (exact) mass is 555 g/mol. The van der Waals surface area contributed by atoms with Crippen molar-refractivity contribution in [3.05, 3.63) is 90.5 Å². The van der Waals surface area contributed by atoms with Crippen LogP contribution in [-0.2, 0) is 19.1 Å². The molecule has 4 aliphatic rings. The van der Waals surface area contributed by atoms with Gasteiger partial charge in [0.1, 0.15) is 11.6 Å². The predicted octanol–water partition coefficient (Wildman–Crippen LogP) is 3.49. The molecule has 41 heavy (non-hydrogen) atoms. The fourth-order valence-electron chi connectivity index (χ4n) is 7.27. The number of nitrogens with zero attached hydrogens (tertiary/aromatic N) is 3. The van der Waals surface area contributed by atoms with Crippen LogP contribution >= 0.6 is 0 Å². The first-order chi connectivity index (χ1) is 19.5. The number of fused-ring (bicyclic) bond motifs is 2. The lowest BCUT2D eigenvalue weighted by atomic mass is 9.74. The summed E-state index contributed by atoms with van der Waals surface area (Å²) < 4.78 is 6.93. The lowest BCUT2D eigenvalue weighted by molar-refractivity contribution is -0.157. The molecule has 6 atom stereocenters. The zero-order valence-corrected chi connectivity index (χ0v) is 23.9. The first kappa shape index (κ1) is 27.4. The highest BCUT2D eigenvalue weighted by Gasteiger charge is 2.75. The van der Waals surface area contributed by atoms with E-state index in [0.29, 0.717) is 18.7 Å².